The molecule has 1 aromatic carbocycles. The molecular formula is C20H23BrN4O4S. The molecule has 160 valence electrons. The first kappa shape index (κ1) is 22.4. The summed E-state index contributed by atoms with van der Waals surface area (Å²) >= 11 is 4.64. The SMILES string of the molecule is CCCCCOC(=O)CSc1nc2c(c(=O)[nH]c(=O)n2C)n1Cc1cccc(Br)c1. The van der Waals surface area contributed by atoms with E-state index in [1.807, 2.05) is 24.3 Å². The number of thioether (sulfide) groups is 1. The molecule has 2 aromatic heterocycles. The third-order valence-corrected chi connectivity index (χ3v) is 5.97. The Balaban J connectivity index is 1.91. The van der Waals surface area contributed by atoms with Gasteiger partial charge in [0.2, 0.25) is 0 Å². The summed E-state index contributed by atoms with van der Waals surface area (Å²) in [6.45, 7) is 2.85. The van der Waals surface area contributed by atoms with Crippen molar-refractivity contribution in [1.29, 1.82) is 0 Å². The molecule has 0 spiro atoms. The second kappa shape index (κ2) is 10.1. The zero-order valence-corrected chi connectivity index (χ0v) is 19.2. The Morgan fingerprint density at radius 3 is 2.83 bits per heavy atom. The van der Waals surface area contributed by atoms with Gasteiger partial charge in [-0.15, -0.1) is 0 Å². The number of hydrogen-bond acceptors (Lipinski definition) is 6. The molecule has 1 N–H and O–H groups in total. The number of fused-ring (bicyclic) bond motifs is 1. The van der Waals surface area contributed by atoms with Crippen LogP contribution in [-0.2, 0) is 23.1 Å². The third kappa shape index (κ3) is 5.23. The largest absolute Gasteiger partial charge is 0.465 e. The lowest BCUT2D eigenvalue weighted by Crippen LogP contribution is -2.29. The number of carbonyl (C=O) groups is 1. The number of aryl methyl sites for hydroxylation is 1. The van der Waals surface area contributed by atoms with Crippen LogP contribution in [0, 0.1) is 0 Å². The van der Waals surface area contributed by atoms with Gasteiger partial charge < -0.3 is 9.30 Å². The average molecular weight is 495 g/mol. The van der Waals surface area contributed by atoms with Crippen LogP contribution < -0.4 is 11.2 Å². The van der Waals surface area contributed by atoms with E-state index >= 15 is 0 Å². The van der Waals surface area contributed by atoms with E-state index in [-0.39, 0.29) is 22.9 Å². The number of nitrogens with one attached hydrogen (secondary N) is 1. The lowest BCUT2D eigenvalue weighted by atomic mass is 10.2. The highest BCUT2D eigenvalue weighted by Crippen LogP contribution is 2.24. The molecule has 8 nitrogen and oxygen atoms in total. The van der Waals surface area contributed by atoms with Crippen LogP contribution >= 0.6 is 27.7 Å². The van der Waals surface area contributed by atoms with Crippen LogP contribution in [0.15, 0.2) is 43.5 Å². The number of unbranched alkanes of at least 4 members (excludes halogenated alkanes) is 2. The minimum absolute atomic E-state index is 0.0692. The number of nitrogens with zero attached hydrogens (tertiary/aromatic N) is 3. The second-order valence-electron chi connectivity index (χ2n) is 6.82. The number of ether oxygens (including phenoxy) is 1. The van der Waals surface area contributed by atoms with Crippen LogP contribution in [0.1, 0.15) is 31.7 Å². The molecule has 10 heteroatoms. The molecule has 0 amide bonds. The average Bonchev–Trinajstić information content (AvgIpc) is 3.07. The minimum Gasteiger partial charge on any atom is -0.465 e. The summed E-state index contributed by atoms with van der Waals surface area (Å²) in [5.41, 5.74) is 0.463. The maximum atomic E-state index is 12.5. The Hall–Kier alpha value is -2.33. The minimum atomic E-state index is -0.536. The van der Waals surface area contributed by atoms with Crippen LogP contribution in [0.4, 0.5) is 0 Å². The van der Waals surface area contributed by atoms with Crippen LogP contribution in [0.5, 0.6) is 0 Å². The van der Waals surface area contributed by atoms with Crippen LogP contribution in [-0.4, -0.2) is 37.4 Å². The van der Waals surface area contributed by atoms with Gasteiger partial charge in [-0.1, -0.05) is 59.6 Å². The van der Waals surface area contributed by atoms with Gasteiger partial charge in [0, 0.05) is 11.5 Å². The molecule has 3 aromatic rings. The topological polar surface area (TPSA) is 99.0 Å². The van der Waals surface area contributed by atoms with E-state index in [2.05, 4.69) is 32.8 Å². The summed E-state index contributed by atoms with van der Waals surface area (Å²) in [7, 11) is 1.55. The Morgan fingerprint density at radius 2 is 2.10 bits per heavy atom. The first-order chi connectivity index (χ1) is 14.4. The molecule has 0 atom stereocenters. The monoisotopic (exact) mass is 494 g/mol. The number of halogens is 1. The van der Waals surface area contributed by atoms with Crippen molar-refractivity contribution >= 4 is 44.8 Å². The lowest BCUT2D eigenvalue weighted by molar-refractivity contribution is -0.140. The van der Waals surface area contributed by atoms with Crippen LogP contribution in [0.3, 0.4) is 0 Å². The van der Waals surface area contributed by atoms with Crippen molar-refractivity contribution in [2.75, 3.05) is 12.4 Å². The van der Waals surface area contributed by atoms with Gasteiger partial charge in [0.1, 0.15) is 0 Å². The normalized spacial score (nSPS) is 11.2. The molecule has 3 rings (SSSR count). The number of aromatic nitrogens is 4. The van der Waals surface area contributed by atoms with Crippen LogP contribution in [0.25, 0.3) is 11.2 Å². The summed E-state index contributed by atoms with van der Waals surface area (Å²) in [6.07, 6.45) is 2.91. The van der Waals surface area contributed by atoms with Crippen molar-refractivity contribution in [3.63, 3.8) is 0 Å². The number of benzene rings is 1. The Bertz CT molecular complexity index is 1170. The van der Waals surface area contributed by atoms with Crippen molar-refractivity contribution < 1.29 is 9.53 Å². The molecule has 0 radical (unpaired) electrons. The maximum Gasteiger partial charge on any atom is 0.329 e. The first-order valence-electron chi connectivity index (χ1n) is 9.63. The van der Waals surface area contributed by atoms with Gasteiger partial charge in [-0.25, -0.2) is 9.78 Å². The van der Waals surface area contributed by atoms with Gasteiger partial charge in [0.05, 0.1) is 18.9 Å². The highest BCUT2D eigenvalue weighted by atomic mass is 79.9. The zero-order valence-electron chi connectivity index (χ0n) is 16.8. The number of imidazole rings is 1. The lowest BCUT2D eigenvalue weighted by Gasteiger charge is -2.09. The smallest absolute Gasteiger partial charge is 0.329 e. The molecule has 2 heterocycles. The molecule has 30 heavy (non-hydrogen) atoms. The standard InChI is InChI=1S/C20H23BrN4O4S/c1-3-4-5-9-29-15(26)12-30-20-22-17-16(18(27)23-19(28)24(17)2)25(20)11-13-7-6-8-14(21)10-13/h6-8,10H,3-5,9,11-12H2,1-2H3,(H,23,27,28). The molecule has 0 aliphatic rings. The van der Waals surface area contributed by atoms with Crippen molar-refractivity contribution in [1.82, 2.24) is 19.1 Å². The molecule has 0 aliphatic carbocycles. The maximum absolute atomic E-state index is 12.5. The van der Waals surface area contributed by atoms with Gasteiger partial charge in [0.25, 0.3) is 5.56 Å². The molecule has 0 fully saturated rings. The molecule has 0 saturated carbocycles. The Kier molecular flexibility index (Phi) is 7.54. The zero-order chi connectivity index (χ0) is 21.7. The van der Waals surface area contributed by atoms with Gasteiger partial charge in [-0.05, 0) is 24.1 Å². The summed E-state index contributed by atoms with van der Waals surface area (Å²) < 4.78 is 9.19. The number of hydrogen-bond donors (Lipinski definition) is 1. The van der Waals surface area contributed by atoms with Gasteiger partial charge in [0.15, 0.2) is 16.3 Å². The molecule has 0 saturated heterocycles. The number of aromatic amines is 1. The number of rotatable bonds is 9. The molecule has 0 bridgehead atoms. The molecule has 0 aliphatic heterocycles. The van der Waals surface area contributed by atoms with E-state index in [1.54, 1.807) is 11.6 Å². The Labute approximate surface area is 185 Å². The van der Waals surface area contributed by atoms with E-state index in [9.17, 15) is 14.4 Å². The van der Waals surface area contributed by atoms with Gasteiger partial charge in [-0.3, -0.25) is 19.1 Å². The predicted octanol–water partition coefficient (Wildman–Crippen LogP) is 3.06. The van der Waals surface area contributed by atoms with Crippen molar-refractivity contribution in [2.45, 2.75) is 37.9 Å². The molecular weight excluding hydrogens is 472 g/mol. The predicted molar refractivity (Wildman–Crippen MR) is 120 cm³/mol. The second-order valence-corrected chi connectivity index (χ2v) is 8.68. The van der Waals surface area contributed by atoms with Crippen molar-refractivity contribution in [3.05, 3.63) is 55.1 Å². The first-order valence-corrected chi connectivity index (χ1v) is 11.4. The fraction of sp³-hybridized carbons (Fsp3) is 0.400. The summed E-state index contributed by atoms with van der Waals surface area (Å²) in [5, 5.41) is 0.474. The quantitative estimate of drug-likeness (QED) is 0.278. The van der Waals surface area contributed by atoms with Gasteiger partial charge in [-0.2, -0.15) is 0 Å². The van der Waals surface area contributed by atoms with E-state index < -0.39 is 11.2 Å². The van der Waals surface area contributed by atoms with Crippen LogP contribution in [0.2, 0.25) is 0 Å². The highest BCUT2D eigenvalue weighted by Gasteiger charge is 2.19. The van der Waals surface area contributed by atoms with Gasteiger partial charge >= 0.3 is 11.7 Å². The van der Waals surface area contributed by atoms with Crippen molar-refractivity contribution in [2.24, 2.45) is 7.05 Å². The summed E-state index contributed by atoms with van der Waals surface area (Å²) in [6, 6.07) is 7.69. The summed E-state index contributed by atoms with van der Waals surface area (Å²) in [4.78, 5) is 43.4. The van der Waals surface area contributed by atoms with E-state index in [0.717, 1.165) is 29.3 Å². The van der Waals surface area contributed by atoms with E-state index in [0.29, 0.717) is 18.3 Å². The highest BCUT2D eigenvalue weighted by molar-refractivity contribution is 9.10. The Morgan fingerprint density at radius 1 is 1.30 bits per heavy atom. The fourth-order valence-corrected chi connectivity index (χ4v) is 4.23. The van der Waals surface area contributed by atoms with E-state index in [4.69, 9.17) is 4.74 Å². The van der Waals surface area contributed by atoms with E-state index in [1.165, 1.54) is 16.3 Å². The number of carbonyl (C=O) groups excluding carboxylic acids is 1. The van der Waals surface area contributed by atoms with Crippen molar-refractivity contribution in [3.8, 4) is 0 Å². The number of H-pyrrole nitrogens is 1. The third-order valence-electron chi connectivity index (χ3n) is 4.53. The summed E-state index contributed by atoms with van der Waals surface area (Å²) in [5.74, 6) is -0.264. The molecule has 0 unspecified atom stereocenters. The number of esters is 1. The fourth-order valence-electron chi connectivity index (χ4n) is 2.99.